The first-order valence-electron chi connectivity index (χ1n) is 7.77. The lowest BCUT2D eigenvalue weighted by Gasteiger charge is -2.32. The molecule has 5 heteroatoms. The number of piperidine rings is 2. The van der Waals surface area contributed by atoms with Gasteiger partial charge in [0.1, 0.15) is 6.10 Å². The first kappa shape index (κ1) is 12.5. The Hall–Kier alpha value is -1.20. The highest BCUT2D eigenvalue weighted by Gasteiger charge is 2.52. The summed E-state index contributed by atoms with van der Waals surface area (Å²) in [7, 11) is 0. The zero-order valence-corrected chi connectivity index (χ0v) is 11.7. The van der Waals surface area contributed by atoms with Gasteiger partial charge in [0.15, 0.2) is 0 Å². The molecule has 108 valence electrons. The second-order valence-electron chi connectivity index (χ2n) is 6.30. The molecule has 5 nitrogen and oxygen atoms in total. The molecule has 0 amide bonds. The predicted molar refractivity (Wildman–Crippen MR) is 75.5 cm³/mol. The molecule has 3 fully saturated rings. The lowest BCUT2D eigenvalue weighted by molar-refractivity contribution is 0.0886. The molecule has 1 N–H and O–H groups in total. The number of ether oxygens (including phenoxy) is 1. The van der Waals surface area contributed by atoms with E-state index in [-0.39, 0.29) is 6.10 Å². The SMILES string of the molecule is c1cnc(OC2CCN(CC3C4CNCC43)CC2)nc1. The van der Waals surface area contributed by atoms with Crippen molar-refractivity contribution in [3.8, 4) is 6.01 Å². The maximum Gasteiger partial charge on any atom is 0.316 e. The number of fused-ring (bicyclic) bond motifs is 1. The molecule has 0 bridgehead atoms. The Kier molecular flexibility index (Phi) is 3.32. The lowest BCUT2D eigenvalue weighted by Crippen LogP contribution is -2.40. The van der Waals surface area contributed by atoms with Gasteiger partial charge in [-0.15, -0.1) is 0 Å². The summed E-state index contributed by atoms with van der Waals surface area (Å²) in [6.45, 7) is 6.10. The van der Waals surface area contributed by atoms with Crippen LogP contribution in [0.4, 0.5) is 0 Å². The van der Waals surface area contributed by atoms with E-state index in [1.54, 1.807) is 12.4 Å². The molecule has 3 heterocycles. The van der Waals surface area contributed by atoms with Crippen LogP contribution in [0.2, 0.25) is 0 Å². The van der Waals surface area contributed by atoms with Crippen molar-refractivity contribution in [2.24, 2.45) is 17.8 Å². The number of rotatable bonds is 4. The van der Waals surface area contributed by atoms with Gasteiger partial charge in [-0.1, -0.05) is 0 Å². The van der Waals surface area contributed by atoms with Gasteiger partial charge >= 0.3 is 6.01 Å². The summed E-state index contributed by atoms with van der Waals surface area (Å²) in [5.74, 6) is 2.91. The molecule has 2 aliphatic heterocycles. The minimum atomic E-state index is 0.286. The molecule has 0 spiro atoms. The third-order valence-electron chi connectivity index (χ3n) is 5.09. The molecule has 1 saturated carbocycles. The third-order valence-corrected chi connectivity index (χ3v) is 5.09. The summed E-state index contributed by atoms with van der Waals surface area (Å²) in [5.41, 5.74) is 0. The summed E-state index contributed by atoms with van der Waals surface area (Å²) in [5, 5.41) is 3.47. The zero-order chi connectivity index (χ0) is 13.4. The Morgan fingerprint density at radius 1 is 1.15 bits per heavy atom. The minimum absolute atomic E-state index is 0.286. The van der Waals surface area contributed by atoms with Gasteiger partial charge in [-0.2, -0.15) is 0 Å². The minimum Gasteiger partial charge on any atom is -0.460 e. The average Bonchev–Trinajstić information content (AvgIpc) is 2.93. The van der Waals surface area contributed by atoms with Crippen molar-refractivity contribution in [3.63, 3.8) is 0 Å². The van der Waals surface area contributed by atoms with Crippen LogP contribution in [-0.4, -0.2) is 53.7 Å². The highest BCUT2D eigenvalue weighted by atomic mass is 16.5. The van der Waals surface area contributed by atoms with Crippen LogP contribution in [0.3, 0.4) is 0 Å². The van der Waals surface area contributed by atoms with Crippen LogP contribution in [0, 0.1) is 17.8 Å². The molecule has 4 rings (SSSR count). The van der Waals surface area contributed by atoms with Crippen LogP contribution < -0.4 is 10.1 Å². The van der Waals surface area contributed by atoms with E-state index in [4.69, 9.17) is 4.74 Å². The third kappa shape index (κ3) is 2.52. The van der Waals surface area contributed by atoms with E-state index >= 15 is 0 Å². The molecule has 0 aromatic carbocycles. The monoisotopic (exact) mass is 274 g/mol. The molecular weight excluding hydrogens is 252 g/mol. The number of aromatic nitrogens is 2. The second-order valence-corrected chi connectivity index (χ2v) is 6.30. The summed E-state index contributed by atoms with van der Waals surface area (Å²) >= 11 is 0. The zero-order valence-electron chi connectivity index (χ0n) is 11.7. The standard InChI is InChI=1S/C15H22N4O/c1-4-17-15(18-5-1)20-11-2-6-19(7-3-11)10-14-12-8-16-9-13(12)14/h1,4-5,11-14,16H,2-3,6-10H2. The van der Waals surface area contributed by atoms with E-state index < -0.39 is 0 Å². The fourth-order valence-electron chi connectivity index (χ4n) is 3.82. The smallest absolute Gasteiger partial charge is 0.316 e. The van der Waals surface area contributed by atoms with E-state index in [0.717, 1.165) is 43.7 Å². The van der Waals surface area contributed by atoms with E-state index in [1.807, 2.05) is 6.07 Å². The van der Waals surface area contributed by atoms with Crippen LogP contribution >= 0.6 is 0 Å². The van der Waals surface area contributed by atoms with Crippen molar-refractivity contribution in [1.82, 2.24) is 20.2 Å². The van der Waals surface area contributed by atoms with Crippen LogP contribution in [0.1, 0.15) is 12.8 Å². The van der Waals surface area contributed by atoms with Crippen molar-refractivity contribution in [2.45, 2.75) is 18.9 Å². The van der Waals surface area contributed by atoms with Crippen molar-refractivity contribution in [2.75, 3.05) is 32.7 Å². The summed E-state index contributed by atoms with van der Waals surface area (Å²) in [4.78, 5) is 10.9. The van der Waals surface area contributed by atoms with Gasteiger partial charge in [0.05, 0.1) is 0 Å². The molecular formula is C15H22N4O. The quantitative estimate of drug-likeness (QED) is 0.879. The Balaban J connectivity index is 1.22. The fraction of sp³-hybridized carbons (Fsp3) is 0.733. The summed E-state index contributed by atoms with van der Waals surface area (Å²) < 4.78 is 5.84. The van der Waals surface area contributed by atoms with E-state index in [0.29, 0.717) is 6.01 Å². The number of nitrogens with one attached hydrogen (secondary N) is 1. The first-order chi connectivity index (χ1) is 9.90. The van der Waals surface area contributed by atoms with Gasteiger partial charge in [-0.25, -0.2) is 9.97 Å². The molecule has 0 radical (unpaired) electrons. The number of hydrogen-bond acceptors (Lipinski definition) is 5. The van der Waals surface area contributed by atoms with E-state index in [9.17, 15) is 0 Å². The molecule has 1 aromatic heterocycles. The molecule has 2 atom stereocenters. The number of nitrogens with zero attached hydrogens (tertiary/aromatic N) is 3. The van der Waals surface area contributed by atoms with Gasteiger partial charge in [-0.05, 0) is 49.8 Å². The highest BCUT2D eigenvalue weighted by Crippen LogP contribution is 2.49. The van der Waals surface area contributed by atoms with E-state index in [2.05, 4.69) is 20.2 Å². The maximum absolute atomic E-state index is 5.84. The summed E-state index contributed by atoms with van der Waals surface area (Å²) in [6.07, 6.45) is 5.94. The number of likely N-dealkylation sites (tertiary alicyclic amines) is 1. The topological polar surface area (TPSA) is 50.3 Å². The van der Waals surface area contributed by atoms with Gasteiger partial charge in [-0.3, -0.25) is 0 Å². The van der Waals surface area contributed by atoms with Gasteiger partial charge in [0.2, 0.25) is 0 Å². The maximum atomic E-state index is 5.84. The second kappa shape index (κ2) is 5.30. The molecule has 3 aliphatic rings. The normalized spacial score (nSPS) is 33.9. The molecule has 1 aromatic rings. The highest BCUT2D eigenvalue weighted by molar-refractivity contribution is 5.05. The van der Waals surface area contributed by atoms with Gasteiger partial charge in [0, 0.05) is 32.0 Å². The Labute approximate surface area is 119 Å². The fourth-order valence-corrected chi connectivity index (χ4v) is 3.82. The lowest BCUT2D eigenvalue weighted by atomic mass is 10.1. The average molecular weight is 274 g/mol. The largest absolute Gasteiger partial charge is 0.460 e. The van der Waals surface area contributed by atoms with Crippen molar-refractivity contribution < 1.29 is 4.74 Å². The molecule has 1 aliphatic carbocycles. The van der Waals surface area contributed by atoms with Crippen molar-refractivity contribution in [1.29, 1.82) is 0 Å². The predicted octanol–water partition coefficient (Wildman–Crippen LogP) is 0.785. The molecule has 2 unspecified atom stereocenters. The Morgan fingerprint density at radius 3 is 2.55 bits per heavy atom. The van der Waals surface area contributed by atoms with Crippen LogP contribution in [0.25, 0.3) is 0 Å². The summed E-state index contributed by atoms with van der Waals surface area (Å²) in [6, 6.07) is 2.34. The Bertz CT molecular complexity index is 436. The van der Waals surface area contributed by atoms with Crippen LogP contribution in [0.15, 0.2) is 18.5 Å². The van der Waals surface area contributed by atoms with E-state index in [1.165, 1.54) is 19.6 Å². The molecule has 2 saturated heterocycles. The van der Waals surface area contributed by atoms with Gasteiger partial charge in [0.25, 0.3) is 0 Å². The van der Waals surface area contributed by atoms with Gasteiger partial charge < -0.3 is 15.0 Å². The van der Waals surface area contributed by atoms with Crippen molar-refractivity contribution >= 4 is 0 Å². The van der Waals surface area contributed by atoms with Crippen LogP contribution in [-0.2, 0) is 0 Å². The first-order valence-corrected chi connectivity index (χ1v) is 7.77. The number of hydrogen-bond donors (Lipinski definition) is 1. The molecule has 20 heavy (non-hydrogen) atoms. The Morgan fingerprint density at radius 2 is 1.85 bits per heavy atom. The van der Waals surface area contributed by atoms with Crippen molar-refractivity contribution in [3.05, 3.63) is 18.5 Å². The van der Waals surface area contributed by atoms with Crippen LogP contribution in [0.5, 0.6) is 6.01 Å².